The maximum atomic E-state index is 12.3. The first-order chi connectivity index (χ1) is 11.7. The van der Waals surface area contributed by atoms with Crippen LogP contribution in [-0.2, 0) is 22.3 Å². The Bertz CT molecular complexity index is 832. The predicted octanol–water partition coefficient (Wildman–Crippen LogP) is 3.11. The van der Waals surface area contributed by atoms with Gasteiger partial charge in [-0.15, -0.1) is 0 Å². The van der Waals surface area contributed by atoms with Gasteiger partial charge in [0.2, 0.25) is 0 Å². The Morgan fingerprint density at radius 1 is 1.00 bits per heavy atom. The number of aromatic nitrogens is 2. The molecular weight excluding hydrogens is 322 g/mol. The quantitative estimate of drug-likeness (QED) is 0.724. The van der Waals surface area contributed by atoms with Crippen LogP contribution in [0.4, 0.5) is 5.69 Å². The van der Waals surface area contributed by atoms with Crippen molar-refractivity contribution < 1.29 is 9.00 Å². The molecule has 0 fully saturated rings. The molecule has 3 rings (SSSR count). The van der Waals surface area contributed by atoms with E-state index in [2.05, 4.69) is 15.5 Å². The lowest BCUT2D eigenvalue weighted by atomic mass is 10.2. The first kappa shape index (κ1) is 16.1. The van der Waals surface area contributed by atoms with E-state index in [1.54, 1.807) is 12.1 Å². The second-order valence-corrected chi connectivity index (χ2v) is 6.80. The van der Waals surface area contributed by atoms with Gasteiger partial charge in [0.15, 0.2) is 0 Å². The van der Waals surface area contributed by atoms with Gasteiger partial charge in [0.1, 0.15) is 5.69 Å². The molecule has 3 aromatic rings. The molecule has 1 heterocycles. The summed E-state index contributed by atoms with van der Waals surface area (Å²) in [4.78, 5) is 12.0. The normalized spacial score (nSPS) is 11.8. The predicted molar refractivity (Wildman–Crippen MR) is 95.0 cm³/mol. The SMILES string of the molecule is O=C(Nc1cccc(C[S@](=O)Cc2ccccc2)c1)c1ccn[nH]1. The molecule has 0 saturated carbocycles. The van der Waals surface area contributed by atoms with Crippen LogP contribution in [0.25, 0.3) is 0 Å². The molecule has 0 spiro atoms. The molecule has 1 aromatic heterocycles. The summed E-state index contributed by atoms with van der Waals surface area (Å²) in [5.41, 5.74) is 3.04. The Labute approximate surface area is 142 Å². The van der Waals surface area contributed by atoms with Crippen molar-refractivity contribution in [2.75, 3.05) is 5.32 Å². The van der Waals surface area contributed by atoms with Crippen LogP contribution in [0.15, 0.2) is 66.9 Å². The molecule has 0 unspecified atom stereocenters. The van der Waals surface area contributed by atoms with Gasteiger partial charge in [-0.05, 0) is 29.3 Å². The van der Waals surface area contributed by atoms with Crippen LogP contribution in [0.1, 0.15) is 21.6 Å². The smallest absolute Gasteiger partial charge is 0.273 e. The van der Waals surface area contributed by atoms with Gasteiger partial charge in [0.25, 0.3) is 5.91 Å². The number of hydrogen-bond donors (Lipinski definition) is 2. The number of anilines is 1. The first-order valence-electron chi connectivity index (χ1n) is 7.49. The summed E-state index contributed by atoms with van der Waals surface area (Å²) in [6.45, 7) is 0. The average molecular weight is 339 g/mol. The van der Waals surface area contributed by atoms with Crippen molar-refractivity contribution >= 4 is 22.4 Å². The molecule has 5 nitrogen and oxygen atoms in total. The minimum atomic E-state index is -1.00. The highest BCUT2D eigenvalue weighted by Gasteiger charge is 2.08. The monoisotopic (exact) mass is 339 g/mol. The van der Waals surface area contributed by atoms with E-state index >= 15 is 0 Å². The van der Waals surface area contributed by atoms with Crippen LogP contribution in [0.5, 0.6) is 0 Å². The highest BCUT2D eigenvalue weighted by Crippen LogP contribution is 2.15. The molecular formula is C18H17N3O2S. The number of nitrogens with one attached hydrogen (secondary N) is 2. The second-order valence-electron chi connectivity index (χ2n) is 5.34. The molecule has 0 saturated heterocycles. The van der Waals surface area contributed by atoms with Gasteiger partial charge in [0, 0.05) is 34.2 Å². The molecule has 1 atom stereocenters. The van der Waals surface area contributed by atoms with Crippen molar-refractivity contribution in [3.05, 3.63) is 83.7 Å². The van der Waals surface area contributed by atoms with E-state index in [0.717, 1.165) is 11.1 Å². The van der Waals surface area contributed by atoms with Gasteiger partial charge in [0.05, 0.1) is 0 Å². The Kier molecular flexibility index (Phi) is 5.18. The summed E-state index contributed by atoms with van der Waals surface area (Å²) in [6, 6.07) is 18.8. The third-order valence-electron chi connectivity index (χ3n) is 3.43. The molecule has 1 amide bonds. The Morgan fingerprint density at radius 3 is 2.50 bits per heavy atom. The zero-order valence-corrected chi connectivity index (χ0v) is 13.8. The van der Waals surface area contributed by atoms with Gasteiger partial charge in [-0.25, -0.2) is 0 Å². The molecule has 24 heavy (non-hydrogen) atoms. The zero-order valence-electron chi connectivity index (χ0n) is 12.9. The zero-order chi connectivity index (χ0) is 16.8. The topological polar surface area (TPSA) is 74.8 Å². The van der Waals surface area contributed by atoms with Crippen LogP contribution >= 0.6 is 0 Å². The van der Waals surface area contributed by atoms with Crippen LogP contribution < -0.4 is 5.32 Å². The Balaban J connectivity index is 1.62. The van der Waals surface area contributed by atoms with Crippen molar-refractivity contribution in [2.45, 2.75) is 11.5 Å². The number of H-pyrrole nitrogens is 1. The number of nitrogens with zero attached hydrogens (tertiary/aromatic N) is 1. The molecule has 2 aromatic carbocycles. The summed E-state index contributed by atoms with van der Waals surface area (Å²) < 4.78 is 12.3. The van der Waals surface area contributed by atoms with E-state index in [1.165, 1.54) is 6.20 Å². The summed E-state index contributed by atoms with van der Waals surface area (Å²) in [7, 11) is -1.00. The summed E-state index contributed by atoms with van der Waals surface area (Å²) in [5, 5.41) is 9.17. The van der Waals surface area contributed by atoms with E-state index in [9.17, 15) is 9.00 Å². The fraction of sp³-hybridized carbons (Fsp3) is 0.111. The number of rotatable bonds is 6. The van der Waals surface area contributed by atoms with Crippen LogP contribution in [0.3, 0.4) is 0 Å². The van der Waals surface area contributed by atoms with E-state index in [0.29, 0.717) is 22.9 Å². The molecule has 0 radical (unpaired) electrons. The Morgan fingerprint density at radius 2 is 1.75 bits per heavy atom. The lowest BCUT2D eigenvalue weighted by Gasteiger charge is -2.07. The maximum absolute atomic E-state index is 12.3. The van der Waals surface area contributed by atoms with Crippen molar-refractivity contribution in [2.24, 2.45) is 0 Å². The summed E-state index contributed by atoms with van der Waals surface area (Å²) >= 11 is 0. The number of aromatic amines is 1. The average Bonchev–Trinajstić information content (AvgIpc) is 3.10. The van der Waals surface area contributed by atoms with Gasteiger partial charge >= 0.3 is 0 Å². The highest BCUT2D eigenvalue weighted by atomic mass is 32.2. The van der Waals surface area contributed by atoms with Gasteiger partial charge in [-0.2, -0.15) is 5.10 Å². The number of carbonyl (C=O) groups excluding carboxylic acids is 1. The molecule has 0 aliphatic rings. The van der Waals surface area contributed by atoms with Crippen LogP contribution in [0.2, 0.25) is 0 Å². The fourth-order valence-corrected chi connectivity index (χ4v) is 3.53. The minimum Gasteiger partial charge on any atom is -0.321 e. The van der Waals surface area contributed by atoms with E-state index in [1.807, 2.05) is 48.5 Å². The second kappa shape index (κ2) is 7.70. The molecule has 122 valence electrons. The fourth-order valence-electron chi connectivity index (χ4n) is 2.32. The molecule has 0 bridgehead atoms. The largest absolute Gasteiger partial charge is 0.321 e. The summed E-state index contributed by atoms with van der Waals surface area (Å²) in [6.07, 6.45) is 1.53. The van der Waals surface area contributed by atoms with Crippen molar-refractivity contribution in [1.29, 1.82) is 0 Å². The van der Waals surface area contributed by atoms with Crippen molar-refractivity contribution in [3.63, 3.8) is 0 Å². The number of benzene rings is 2. The van der Waals surface area contributed by atoms with Gasteiger partial charge in [-0.3, -0.25) is 14.1 Å². The van der Waals surface area contributed by atoms with Crippen molar-refractivity contribution in [3.8, 4) is 0 Å². The standard InChI is InChI=1S/C18H17N3O2S/c22-18(17-9-10-19-21-17)20-16-8-4-7-15(11-16)13-24(23)12-14-5-2-1-3-6-14/h1-11H,12-13H2,(H,19,21)(H,20,22)/t24-/m1/s1. The van der Waals surface area contributed by atoms with Crippen LogP contribution in [0, 0.1) is 0 Å². The van der Waals surface area contributed by atoms with Gasteiger partial charge < -0.3 is 5.32 Å². The third-order valence-corrected chi connectivity index (χ3v) is 4.74. The lowest BCUT2D eigenvalue weighted by Crippen LogP contribution is -2.12. The summed E-state index contributed by atoms with van der Waals surface area (Å²) in [5.74, 6) is 0.712. The van der Waals surface area contributed by atoms with E-state index in [-0.39, 0.29) is 5.91 Å². The Hall–Kier alpha value is -2.73. The number of carbonyl (C=O) groups is 1. The maximum Gasteiger partial charge on any atom is 0.273 e. The van der Waals surface area contributed by atoms with E-state index in [4.69, 9.17) is 0 Å². The minimum absolute atomic E-state index is 0.255. The van der Waals surface area contributed by atoms with Gasteiger partial charge in [-0.1, -0.05) is 42.5 Å². The molecule has 0 aliphatic heterocycles. The number of hydrogen-bond acceptors (Lipinski definition) is 3. The third kappa shape index (κ3) is 4.39. The molecule has 2 N–H and O–H groups in total. The highest BCUT2D eigenvalue weighted by molar-refractivity contribution is 7.83. The number of amides is 1. The van der Waals surface area contributed by atoms with E-state index < -0.39 is 10.8 Å². The van der Waals surface area contributed by atoms with Crippen LogP contribution in [-0.4, -0.2) is 20.3 Å². The first-order valence-corrected chi connectivity index (χ1v) is 8.98. The lowest BCUT2D eigenvalue weighted by molar-refractivity contribution is 0.102. The molecule has 6 heteroatoms. The molecule has 0 aliphatic carbocycles. The van der Waals surface area contributed by atoms with Crippen molar-refractivity contribution in [1.82, 2.24) is 10.2 Å².